The summed E-state index contributed by atoms with van der Waals surface area (Å²) in [5, 5.41) is 0. The van der Waals surface area contributed by atoms with Crippen LogP contribution >= 0.6 is 0 Å². The van der Waals surface area contributed by atoms with E-state index in [-0.39, 0.29) is 23.1 Å². The van der Waals surface area contributed by atoms with Crippen LogP contribution < -0.4 is 4.74 Å². The molecule has 0 spiro atoms. The highest BCUT2D eigenvalue weighted by molar-refractivity contribution is 5.84. The number of nitrogens with zero attached hydrogens (tertiary/aromatic N) is 3. The number of piperidine rings is 1. The van der Waals surface area contributed by atoms with Gasteiger partial charge in [-0.1, -0.05) is 19.1 Å². The Morgan fingerprint density at radius 1 is 1.19 bits per heavy atom. The van der Waals surface area contributed by atoms with Gasteiger partial charge in [-0.3, -0.25) is 9.69 Å². The maximum absolute atomic E-state index is 13.9. The minimum absolute atomic E-state index is 0.124. The second kappa shape index (κ2) is 9.27. The van der Waals surface area contributed by atoms with E-state index in [9.17, 15) is 9.18 Å². The molecule has 7 heteroatoms. The molecule has 4 aliphatic rings. The van der Waals surface area contributed by atoms with Gasteiger partial charge in [0, 0.05) is 25.7 Å². The molecular formula is C25H36FN3O3. The molecule has 5 rings (SSSR count). The summed E-state index contributed by atoms with van der Waals surface area (Å²) in [6.07, 6.45) is 4.14. The molecule has 1 aromatic carbocycles. The number of benzene rings is 1. The second-order valence-electron chi connectivity index (χ2n) is 9.97. The van der Waals surface area contributed by atoms with Crippen molar-refractivity contribution in [1.29, 1.82) is 0 Å². The molecule has 0 unspecified atom stereocenters. The predicted molar refractivity (Wildman–Crippen MR) is 120 cm³/mol. The number of halogens is 1. The van der Waals surface area contributed by atoms with Gasteiger partial charge in [0.15, 0.2) is 11.6 Å². The Kier molecular flexibility index (Phi) is 6.41. The van der Waals surface area contributed by atoms with Crippen molar-refractivity contribution in [3.63, 3.8) is 0 Å². The molecule has 6 nitrogen and oxygen atoms in total. The minimum atomic E-state index is -0.344. The third kappa shape index (κ3) is 4.15. The quantitative estimate of drug-likeness (QED) is 0.697. The van der Waals surface area contributed by atoms with Crippen LogP contribution in [0, 0.1) is 17.2 Å². The van der Waals surface area contributed by atoms with Crippen LogP contribution in [-0.2, 0) is 9.53 Å². The molecule has 0 radical (unpaired) electrons. The summed E-state index contributed by atoms with van der Waals surface area (Å²) in [4.78, 5) is 20.9. The minimum Gasteiger partial charge on any atom is -0.484 e. The maximum atomic E-state index is 13.9. The van der Waals surface area contributed by atoms with Crippen molar-refractivity contribution in [2.24, 2.45) is 11.3 Å². The molecule has 176 valence electrons. The fourth-order valence-electron chi connectivity index (χ4n) is 6.33. The van der Waals surface area contributed by atoms with Gasteiger partial charge >= 0.3 is 0 Å². The smallest absolute Gasteiger partial charge is 0.230 e. The fourth-order valence-corrected chi connectivity index (χ4v) is 6.33. The van der Waals surface area contributed by atoms with Crippen LogP contribution in [0.15, 0.2) is 24.3 Å². The number of hydrogen-bond donors (Lipinski definition) is 0. The van der Waals surface area contributed by atoms with E-state index in [0.29, 0.717) is 31.0 Å². The van der Waals surface area contributed by atoms with E-state index < -0.39 is 0 Å². The van der Waals surface area contributed by atoms with Crippen molar-refractivity contribution < 1.29 is 18.7 Å². The van der Waals surface area contributed by atoms with Gasteiger partial charge in [0.25, 0.3) is 0 Å². The monoisotopic (exact) mass is 445 g/mol. The van der Waals surface area contributed by atoms with E-state index in [0.717, 1.165) is 71.6 Å². The summed E-state index contributed by atoms with van der Waals surface area (Å²) < 4.78 is 25.3. The molecule has 1 amide bonds. The average molecular weight is 446 g/mol. The van der Waals surface area contributed by atoms with E-state index >= 15 is 0 Å². The number of amides is 1. The van der Waals surface area contributed by atoms with Crippen molar-refractivity contribution in [2.45, 2.75) is 44.8 Å². The number of morpholine rings is 1. The molecule has 1 aliphatic carbocycles. The summed E-state index contributed by atoms with van der Waals surface area (Å²) in [7, 11) is 0. The van der Waals surface area contributed by atoms with E-state index in [1.807, 2.05) is 4.90 Å². The molecule has 1 aromatic rings. The van der Waals surface area contributed by atoms with Crippen molar-refractivity contribution >= 4 is 5.91 Å². The van der Waals surface area contributed by atoms with Crippen LogP contribution in [0.4, 0.5) is 4.39 Å². The Balaban J connectivity index is 1.25. The summed E-state index contributed by atoms with van der Waals surface area (Å²) in [5.41, 5.74) is -0.278. The molecule has 0 bridgehead atoms. The van der Waals surface area contributed by atoms with Gasteiger partial charge in [-0.25, -0.2) is 4.39 Å². The number of ether oxygens (including phenoxy) is 2. The van der Waals surface area contributed by atoms with Crippen molar-refractivity contribution in [3.05, 3.63) is 30.1 Å². The van der Waals surface area contributed by atoms with Gasteiger partial charge in [-0.05, 0) is 56.8 Å². The molecule has 3 heterocycles. The van der Waals surface area contributed by atoms with Gasteiger partial charge in [-0.2, -0.15) is 0 Å². The van der Waals surface area contributed by atoms with Gasteiger partial charge in [-0.15, -0.1) is 0 Å². The zero-order valence-corrected chi connectivity index (χ0v) is 19.2. The highest BCUT2D eigenvalue weighted by Crippen LogP contribution is 2.49. The van der Waals surface area contributed by atoms with Crippen molar-refractivity contribution in [2.75, 3.05) is 59.0 Å². The topological polar surface area (TPSA) is 45.2 Å². The van der Waals surface area contributed by atoms with Crippen molar-refractivity contribution in [3.8, 4) is 5.75 Å². The number of fused-ring (bicyclic) bond motifs is 1. The summed E-state index contributed by atoms with van der Waals surface area (Å²) >= 11 is 0. The molecule has 3 atom stereocenters. The normalized spacial score (nSPS) is 32.2. The summed E-state index contributed by atoms with van der Waals surface area (Å²) in [6.45, 7) is 9.94. The van der Waals surface area contributed by atoms with Crippen LogP contribution in [0.25, 0.3) is 0 Å². The van der Waals surface area contributed by atoms with E-state index in [1.54, 1.807) is 18.2 Å². The Hall–Kier alpha value is -1.70. The molecule has 1 saturated carbocycles. The van der Waals surface area contributed by atoms with Gasteiger partial charge in [0.2, 0.25) is 5.91 Å². The highest BCUT2D eigenvalue weighted by atomic mass is 19.1. The van der Waals surface area contributed by atoms with Crippen LogP contribution in [0.1, 0.15) is 32.6 Å². The Bertz CT molecular complexity index is 811. The first-order valence-corrected chi connectivity index (χ1v) is 12.3. The first kappa shape index (κ1) is 22.1. The van der Waals surface area contributed by atoms with Gasteiger partial charge in [0.1, 0.15) is 6.10 Å². The first-order chi connectivity index (χ1) is 15.6. The van der Waals surface area contributed by atoms with Crippen LogP contribution in [-0.4, -0.2) is 91.8 Å². The lowest BCUT2D eigenvalue weighted by atomic mass is 9.60. The molecule has 32 heavy (non-hydrogen) atoms. The molecule has 4 fully saturated rings. The standard InChI is InChI=1S/C25H36FN3O3/c1-2-27-10-8-19-15-20(28-11-13-31-14-12-28)7-9-25(19,18-27)24(30)29-16-21(17-29)32-23-6-4-3-5-22(23)26/h3-6,19-21H,2,7-18H2,1H3/t19-,20+,25-/m1/s1. The molecule has 0 N–H and O–H groups in total. The third-order valence-electron chi connectivity index (χ3n) is 8.26. The lowest BCUT2D eigenvalue weighted by Gasteiger charge is -2.55. The maximum Gasteiger partial charge on any atom is 0.230 e. The largest absolute Gasteiger partial charge is 0.484 e. The SMILES string of the molecule is CCN1CC[C@@H]2C[C@@H](N3CCOCC3)CC[C@@]2(C(=O)N2CC(Oc3ccccc3F)C2)C1. The fraction of sp³-hybridized carbons (Fsp3) is 0.720. The molecule has 3 saturated heterocycles. The lowest BCUT2D eigenvalue weighted by Crippen LogP contribution is -2.66. The molecule has 3 aliphatic heterocycles. The number of carbonyl (C=O) groups is 1. The third-order valence-corrected chi connectivity index (χ3v) is 8.26. The number of rotatable bonds is 5. The number of carbonyl (C=O) groups excluding carboxylic acids is 1. The zero-order valence-electron chi connectivity index (χ0n) is 19.2. The first-order valence-electron chi connectivity index (χ1n) is 12.3. The average Bonchev–Trinajstić information content (AvgIpc) is 2.81. The summed E-state index contributed by atoms with van der Waals surface area (Å²) in [6, 6.07) is 7.08. The second-order valence-corrected chi connectivity index (χ2v) is 9.97. The highest BCUT2D eigenvalue weighted by Gasteiger charge is 2.55. The number of para-hydroxylation sites is 1. The van der Waals surface area contributed by atoms with Gasteiger partial charge < -0.3 is 19.3 Å². The van der Waals surface area contributed by atoms with Crippen LogP contribution in [0.2, 0.25) is 0 Å². The number of likely N-dealkylation sites (tertiary alicyclic amines) is 2. The van der Waals surface area contributed by atoms with Crippen LogP contribution in [0.3, 0.4) is 0 Å². The van der Waals surface area contributed by atoms with Crippen LogP contribution in [0.5, 0.6) is 5.75 Å². The Morgan fingerprint density at radius 3 is 2.72 bits per heavy atom. The van der Waals surface area contributed by atoms with Crippen molar-refractivity contribution in [1.82, 2.24) is 14.7 Å². The zero-order chi connectivity index (χ0) is 22.1. The Morgan fingerprint density at radius 2 is 1.97 bits per heavy atom. The lowest BCUT2D eigenvalue weighted by molar-refractivity contribution is -0.165. The number of hydrogen-bond acceptors (Lipinski definition) is 5. The molecular weight excluding hydrogens is 409 g/mol. The van der Waals surface area contributed by atoms with E-state index in [1.165, 1.54) is 6.07 Å². The van der Waals surface area contributed by atoms with Gasteiger partial charge in [0.05, 0.1) is 31.7 Å². The predicted octanol–water partition coefficient (Wildman–Crippen LogP) is 2.63. The Labute approximate surface area is 190 Å². The van der Waals surface area contributed by atoms with E-state index in [4.69, 9.17) is 9.47 Å². The van der Waals surface area contributed by atoms with E-state index in [2.05, 4.69) is 16.7 Å². The summed E-state index contributed by atoms with van der Waals surface area (Å²) in [5.74, 6) is 0.671. The molecule has 0 aromatic heterocycles.